The fourth-order valence-corrected chi connectivity index (χ4v) is 3.58. The summed E-state index contributed by atoms with van der Waals surface area (Å²) in [6.07, 6.45) is 0. The molecule has 28 heavy (non-hydrogen) atoms. The van der Waals surface area contributed by atoms with E-state index in [1.165, 1.54) is 0 Å². The molecule has 0 saturated carbocycles. The third-order valence-corrected chi connectivity index (χ3v) is 4.93. The topological polar surface area (TPSA) is 31.4 Å². The van der Waals surface area contributed by atoms with Crippen LogP contribution in [-0.4, -0.2) is 18.2 Å². The van der Waals surface area contributed by atoms with Gasteiger partial charge in [-0.05, 0) is 53.6 Å². The van der Waals surface area contributed by atoms with Gasteiger partial charge in [0.05, 0.1) is 11.2 Å². The number of rotatable bonds is 2. The van der Waals surface area contributed by atoms with Gasteiger partial charge in [0, 0.05) is 16.0 Å². The zero-order chi connectivity index (χ0) is 18.2. The van der Waals surface area contributed by atoms with Crippen molar-refractivity contribution in [3.63, 3.8) is 0 Å². The molecule has 0 bridgehead atoms. The Morgan fingerprint density at radius 1 is 0.750 bits per heavy atom. The van der Waals surface area contributed by atoms with Crippen LogP contribution in [0.2, 0.25) is 5.02 Å². The molecule has 4 aromatic rings. The van der Waals surface area contributed by atoms with E-state index < -0.39 is 0 Å². The molecule has 0 spiro atoms. The molecule has 0 radical (unpaired) electrons. The molecule has 140 valence electrons. The Kier molecular flexibility index (Phi) is 5.12. The molecule has 0 N–H and O–H groups in total. The summed E-state index contributed by atoms with van der Waals surface area (Å²) in [5, 5.41) is 1.74. The molecule has 5 heteroatoms. The van der Waals surface area contributed by atoms with Gasteiger partial charge in [-0.25, -0.2) is 4.98 Å². The normalized spacial score (nSPS) is 12.5. The molecule has 0 saturated heterocycles. The van der Waals surface area contributed by atoms with E-state index in [9.17, 15) is 0 Å². The Bertz CT molecular complexity index is 1150. The molecular weight excluding hydrogens is 393 g/mol. The second-order valence-electron chi connectivity index (χ2n) is 6.44. The predicted octanol–water partition coefficient (Wildman–Crippen LogP) is 3.00. The van der Waals surface area contributed by atoms with Crippen LogP contribution in [0.3, 0.4) is 0 Å². The maximum atomic E-state index is 6.26. The standard InChI is InChI=1S/C23H16ClNO2.ClH/c24-17-7-8-20-19(13-17)18(15-4-2-1-3-5-15)14-21(25-20)16-6-9-22-23(12-16)27-11-10-26-22;/h1-9,12-14H,10-11H2;1H/p-1. The number of hydrogen-bond donors (Lipinski definition) is 0. The molecule has 3 aromatic carbocycles. The van der Waals surface area contributed by atoms with E-state index in [1.54, 1.807) is 0 Å². The van der Waals surface area contributed by atoms with Crippen molar-refractivity contribution < 1.29 is 21.9 Å². The molecule has 0 atom stereocenters. The van der Waals surface area contributed by atoms with E-state index in [4.69, 9.17) is 26.1 Å². The summed E-state index contributed by atoms with van der Waals surface area (Å²) in [5.41, 5.74) is 5.03. The molecule has 5 rings (SSSR count). The van der Waals surface area contributed by atoms with Gasteiger partial charge in [-0.15, -0.1) is 0 Å². The predicted molar refractivity (Wildman–Crippen MR) is 109 cm³/mol. The lowest BCUT2D eigenvalue weighted by Gasteiger charge is -2.19. The Hall–Kier alpha value is -2.75. The Labute approximate surface area is 174 Å². The highest BCUT2D eigenvalue weighted by atomic mass is 35.5. The average molecular weight is 409 g/mol. The average Bonchev–Trinajstić information content (AvgIpc) is 2.73. The fourth-order valence-electron chi connectivity index (χ4n) is 3.41. The van der Waals surface area contributed by atoms with Gasteiger partial charge < -0.3 is 21.9 Å². The van der Waals surface area contributed by atoms with E-state index in [2.05, 4.69) is 18.2 Å². The van der Waals surface area contributed by atoms with Crippen molar-refractivity contribution in [3.8, 4) is 33.9 Å². The highest BCUT2D eigenvalue weighted by molar-refractivity contribution is 6.31. The van der Waals surface area contributed by atoms with Crippen molar-refractivity contribution in [2.24, 2.45) is 0 Å². The fraction of sp³-hybridized carbons (Fsp3) is 0.0870. The van der Waals surface area contributed by atoms with Gasteiger partial charge in [-0.1, -0.05) is 41.9 Å². The zero-order valence-electron chi connectivity index (χ0n) is 14.9. The number of nitrogens with zero attached hydrogens (tertiary/aromatic N) is 1. The first-order valence-electron chi connectivity index (χ1n) is 8.84. The van der Waals surface area contributed by atoms with Crippen LogP contribution >= 0.6 is 11.6 Å². The van der Waals surface area contributed by atoms with Gasteiger partial charge in [0.1, 0.15) is 13.2 Å². The lowest BCUT2D eigenvalue weighted by atomic mass is 9.98. The molecule has 1 aromatic heterocycles. The van der Waals surface area contributed by atoms with Crippen molar-refractivity contribution in [3.05, 3.63) is 77.8 Å². The van der Waals surface area contributed by atoms with Crippen LogP contribution in [0, 0.1) is 0 Å². The summed E-state index contributed by atoms with van der Waals surface area (Å²) < 4.78 is 11.4. The van der Waals surface area contributed by atoms with Crippen LogP contribution in [0.25, 0.3) is 33.3 Å². The van der Waals surface area contributed by atoms with Crippen LogP contribution in [0.1, 0.15) is 0 Å². The van der Waals surface area contributed by atoms with Crippen molar-refractivity contribution in [1.29, 1.82) is 0 Å². The van der Waals surface area contributed by atoms with Crippen LogP contribution in [0.15, 0.2) is 72.8 Å². The maximum Gasteiger partial charge on any atom is 0.162 e. The van der Waals surface area contributed by atoms with Gasteiger partial charge in [0.25, 0.3) is 0 Å². The summed E-state index contributed by atoms with van der Waals surface area (Å²) in [6.45, 7) is 1.15. The quantitative estimate of drug-likeness (QED) is 0.510. The minimum absolute atomic E-state index is 0. The van der Waals surface area contributed by atoms with E-state index in [0.29, 0.717) is 18.2 Å². The molecular formula is C23H16Cl2NO2-. The number of hydrogen-bond acceptors (Lipinski definition) is 3. The molecule has 3 nitrogen and oxygen atoms in total. The number of ether oxygens (including phenoxy) is 2. The van der Waals surface area contributed by atoms with Crippen LogP contribution in [-0.2, 0) is 0 Å². The lowest BCUT2D eigenvalue weighted by molar-refractivity contribution is -0.00000574. The Balaban J connectivity index is 0.00000192. The number of fused-ring (bicyclic) bond motifs is 2. The zero-order valence-corrected chi connectivity index (χ0v) is 16.4. The van der Waals surface area contributed by atoms with E-state index in [0.717, 1.165) is 44.8 Å². The molecule has 0 unspecified atom stereocenters. The molecule has 0 aliphatic carbocycles. The van der Waals surface area contributed by atoms with E-state index >= 15 is 0 Å². The highest BCUT2D eigenvalue weighted by Gasteiger charge is 2.15. The van der Waals surface area contributed by atoms with E-state index in [-0.39, 0.29) is 12.4 Å². The molecule has 2 heterocycles. The first-order chi connectivity index (χ1) is 13.3. The van der Waals surface area contributed by atoms with Crippen molar-refractivity contribution in [1.82, 2.24) is 4.98 Å². The van der Waals surface area contributed by atoms with Crippen molar-refractivity contribution in [2.75, 3.05) is 13.2 Å². The van der Waals surface area contributed by atoms with Gasteiger partial charge in [-0.3, -0.25) is 0 Å². The molecule has 0 fully saturated rings. The van der Waals surface area contributed by atoms with Gasteiger partial charge in [-0.2, -0.15) is 0 Å². The lowest BCUT2D eigenvalue weighted by Crippen LogP contribution is -3.00. The van der Waals surface area contributed by atoms with Gasteiger partial charge >= 0.3 is 0 Å². The minimum Gasteiger partial charge on any atom is -1.00 e. The molecule has 0 amide bonds. The number of benzene rings is 3. The van der Waals surface area contributed by atoms with Crippen LogP contribution < -0.4 is 21.9 Å². The summed E-state index contributed by atoms with van der Waals surface area (Å²) >= 11 is 6.26. The van der Waals surface area contributed by atoms with Crippen LogP contribution in [0.5, 0.6) is 11.5 Å². The first-order valence-corrected chi connectivity index (χ1v) is 9.21. The number of pyridine rings is 1. The SMILES string of the molecule is Clc1ccc2nc(-c3ccc4c(c3)OCCO4)cc(-c3ccccc3)c2c1.[Cl-]. The summed E-state index contributed by atoms with van der Waals surface area (Å²) in [7, 11) is 0. The Morgan fingerprint density at radius 3 is 2.36 bits per heavy atom. The second kappa shape index (κ2) is 7.70. The third kappa shape index (κ3) is 3.39. The summed E-state index contributed by atoms with van der Waals surface area (Å²) in [4.78, 5) is 4.87. The van der Waals surface area contributed by atoms with Gasteiger partial charge in [0.15, 0.2) is 11.5 Å². The highest BCUT2D eigenvalue weighted by Crippen LogP contribution is 2.37. The largest absolute Gasteiger partial charge is 1.00 e. The summed E-state index contributed by atoms with van der Waals surface area (Å²) in [6, 6.07) is 24.2. The monoisotopic (exact) mass is 408 g/mol. The van der Waals surface area contributed by atoms with Crippen molar-refractivity contribution in [2.45, 2.75) is 0 Å². The van der Waals surface area contributed by atoms with Gasteiger partial charge in [0.2, 0.25) is 0 Å². The molecule has 1 aliphatic rings. The first kappa shape index (κ1) is 18.6. The Morgan fingerprint density at radius 2 is 1.54 bits per heavy atom. The van der Waals surface area contributed by atoms with Crippen LogP contribution in [0.4, 0.5) is 0 Å². The number of halogens is 2. The number of aromatic nitrogens is 1. The third-order valence-electron chi connectivity index (χ3n) is 4.69. The van der Waals surface area contributed by atoms with E-state index in [1.807, 2.05) is 54.6 Å². The van der Waals surface area contributed by atoms with Crippen molar-refractivity contribution >= 4 is 22.5 Å². The minimum atomic E-state index is 0. The summed E-state index contributed by atoms with van der Waals surface area (Å²) in [5.74, 6) is 1.54. The smallest absolute Gasteiger partial charge is 0.162 e. The molecule has 1 aliphatic heterocycles. The maximum absolute atomic E-state index is 6.26. The second-order valence-corrected chi connectivity index (χ2v) is 6.88.